The first-order valence-corrected chi connectivity index (χ1v) is 14.4. The van der Waals surface area contributed by atoms with Crippen molar-refractivity contribution in [3.63, 3.8) is 0 Å². The molecule has 0 aliphatic carbocycles. The predicted octanol–water partition coefficient (Wildman–Crippen LogP) is 6.98. The molecule has 3 atom stereocenters. The summed E-state index contributed by atoms with van der Waals surface area (Å²) >= 11 is 0. The molecule has 5 heteroatoms. The molecule has 0 amide bonds. The lowest BCUT2D eigenvalue weighted by molar-refractivity contribution is 0.0194. The molecular weight excluding hydrogens is 416 g/mol. The van der Waals surface area contributed by atoms with Gasteiger partial charge in [0.2, 0.25) is 0 Å². The Morgan fingerprint density at radius 1 is 0.969 bits per heavy atom. The third kappa shape index (κ3) is 8.33. The highest BCUT2D eigenvalue weighted by Gasteiger charge is 2.44. The van der Waals surface area contributed by atoms with Gasteiger partial charge in [-0.1, -0.05) is 66.7 Å². The third-order valence-electron chi connectivity index (χ3n) is 6.89. The zero-order chi connectivity index (χ0) is 24.3. The topological polar surface area (TPSA) is 47.9 Å². The Bertz CT molecular complexity index is 620. The molecule has 0 fully saturated rings. The molecule has 184 valence electrons. The Morgan fingerprint density at radius 3 is 2.00 bits per heavy atom. The first-order valence-electron chi connectivity index (χ1n) is 12.2. The lowest BCUT2D eigenvalue weighted by Crippen LogP contribution is -2.48. The van der Waals surface area contributed by atoms with Gasteiger partial charge in [0, 0.05) is 12.5 Å². The van der Waals surface area contributed by atoms with Crippen LogP contribution in [0, 0.1) is 11.8 Å². The Labute approximate surface area is 198 Å². The normalized spacial score (nSPS) is 15.2. The fraction of sp³-hybridized carbons (Fsp3) is 0.704. The molecule has 0 aromatic heterocycles. The van der Waals surface area contributed by atoms with Crippen LogP contribution in [-0.4, -0.2) is 39.9 Å². The molecule has 0 radical (unpaired) electrons. The van der Waals surface area contributed by atoms with Gasteiger partial charge < -0.3 is 19.0 Å². The van der Waals surface area contributed by atoms with Gasteiger partial charge in [0.25, 0.3) is 0 Å². The zero-order valence-electron chi connectivity index (χ0n) is 21.8. The number of aliphatic hydroxyl groups is 1. The van der Waals surface area contributed by atoms with Crippen molar-refractivity contribution in [2.24, 2.45) is 11.8 Å². The molecule has 1 aromatic rings. The van der Waals surface area contributed by atoms with Gasteiger partial charge >= 0.3 is 0 Å². The molecular formula is C27H48O4Si. The molecule has 1 aromatic carbocycles. The van der Waals surface area contributed by atoms with E-state index in [1.807, 2.05) is 37.3 Å². The zero-order valence-corrected chi connectivity index (χ0v) is 22.8. The number of methoxy groups -OCH3 is 1. The van der Waals surface area contributed by atoms with Gasteiger partial charge in [0.15, 0.2) is 8.32 Å². The maximum absolute atomic E-state index is 10.7. The average Bonchev–Trinajstić information content (AvgIpc) is 2.75. The van der Waals surface area contributed by atoms with Crippen LogP contribution in [0.15, 0.2) is 36.9 Å². The van der Waals surface area contributed by atoms with Crippen molar-refractivity contribution < 1.29 is 19.0 Å². The standard InChI is InChI=1S/C27H48O4Si/c1-10-24(15-16-31-32(20(2)3,21(4)5)22(6)7)17-27(28)23(8)18-30-19-25-11-13-26(29-9)14-12-25/h10-14,20-24,27-28H,1,15-19H2,2-9H3/t23-,24+,27-/m1/s1. The summed E-state index contributed by atoms with van der Waals surface area (Å²) in [6.07, 6.45) is 3.15. The summed E-state index contributed by atoms with van der Waals surface area (Å²) in [6, 6.07) is 7.87. The summed E-state index contributed by atoms with van der Waals surface area (Å²) in [5.41, 5.74) is 2.84. The molecule has 0 bridgehead atoms. The Kier molecular flexibility index (Phi) is 12.8. The van der Waals surface area contributed by atoms with Crippen LogP contribution in [0.2, 0.25) is 16.6 Å². The highest BCUT2D eigenvalue weighted by molar-refractivity contribution is 6.77. The molecule has 0 heterocycles. The smallest absolute Gasteiger partial charge is 0.200 e. The van der Waals surface area contributed by atoms with Crippen molar-refractivity contribution in [2.45, 2.75) is 90.6 Å². The van der Waals surface area contributed by atoms with E-state index in [-0.39, 0.29) is 11.8 Å². The molecule has 0 saturated heterocycles. The fourth-order valence-corrected chi connectivity index (χ4v) is 10.4. The van der Waals surface area contributed by atoms with Gasteiger partial charge in [-0.3, -0.25) is 0 Å². The van der Waals surface area contributed by atoms with Gasteiger partial charge in [-0.05, 0) is 53.1 Å². The number of hydrogen-bond donors (Lipinski definition) is 1. The van der Waals surface area contributed by atoms with Crippen LogP contribution >= 0.6 is 0 Å². The van der Waals surface area contributed by atoms with E-state index >= 15 is 0 Å². The van der Waals surface area contributed by atoms with E-state index in [1.54, 1.807) is 7.11 Å². The van der Waals surface area contributed by atoms with E-state index in [4.69, 9.17) is 13.9 Å². The Morgan fingerprint density at radius 2 is 1.53 bits per heavy atom. The lowest BCUT2D eigenvalue weighted by atomic mass is 9.92. The summed E-state index contributed by atoms with van der Waals surface area (Å²) in [5.74, 6) is 1.14. The molecule has 4 nitrogen and oxygen atoms in total. The minimum absolute atomic E-state index is 0.0621. The molecule has 1 N–H and O–H groups in total. The van der Waals surface area contributed by atoms with E-state index in [9.17, 15) is 5.11 Å². The molecule has 1 rings (SSSR count). The van der Waals surface area contributed by atoms with Crippen LogP contribution in [0.5, 0.6) is 5.75 Å². The quantitative estimate of drug-likeness (QED) is 0.212. The molecule has 0 saturated carbocycles. The SMILES string of the molecule is C=C[C@@H](CCO[Si](C(C)C)(C(C)C)C(C)C)C[C@@H](O)[C@H](C)COCc1ccc(OC)cc1. The molecule has 32 heavy (non-hydrogen) atoms. The van der Waals surface area contributed by atoms with Crippen LogP contribution in [0.3, 0.4) is 0 Å². The lowest BCUT2D eigenvalue weighted by Gasteiger charge is -2.42. The average molecular weight is 465 g/mol. The van der Waals surface area contributed by atoms with Crippen LogP contribution in [0.1, 0.15) is 66.9 Å². The van der Waals surface area contributed by atoms with Gasteiger partial charge in [0.1, 0.15) is 5.75 Å². The maximum Gasteiger partial charge on any atom is 0.200 e. The van der Waals surface area contributed by atoms with Crippen molar-refractivity contribution >= 4 is 8.32 Å². The molecule has 0 aliphatic rings. The number of aliphatic hydroxyl groups excluding tert-OH is 1. The molecule has 0 unspecified atom stereocenters. The summed E-state index contributed by atoms with van der Waals surface area (Å²) in [5, 5.41) is 10.7. The number of rotatable bonds is 16. The first kappa shape index (κ1) is 28.9. The van der Waals surface area contributed by atoms with Crippen LogP contribution < -0.4 is 4.74 Å². The summed E-state index contributed by atoms with van der Waals surface area (Å²) in [4.78, 5) is 0. The first-order chi connectivity index (χ1) is 15.1. The summed E-state index contributed by atoms with van der Waals surface area (Å²) < 4.78 is 17.7. The minimum atomic E-state index is -1.85. The Hall–Kier alpha value is -1.14. The molecule has 0 aliphatic heterocycles. The minimum Gasteiger partial charge on any atom is -0.497 e. The van der Waals surface area contributed by atoms with E-state index in [0.717, 1.165) is 24.3 Å². The Balaban J connectivity index is 2.49. The van der Waals surface area contributed by atoms with Gasteiger partial charge in [-0.25, -0.2) is 0 Å². The number of hydrogen-bond acceptors (Lipinski definition) is 4. The number of ether oxygens (including phenoxy) is 2. The van der Waals surface area contributed by atoms with E-state index < -0.39 is 14.4 Å². The second kappa shape index (κ2) is 14.2. The molecule has 0 spiro atoms. The van der Waals surface area contributed by atoms with Crippen molar-refractivity contribution in [1.29, 1.82) is 0 Å². The second-order valence-electron chi connectivity index (χ2n) is 10.1. The number of benzene rings is 1. The second-order valence-corrected chi connectivity index (χ2v) is 15.6. The van der Waals surface area contributed by atoms with Crippen LogP contribution in [0.25, 0.3) is 0 Å². The maximum atomic E-state index is 10.7. The van der Waals surface area contributed by atoms with Crippen molar-refractivity contribution in [1.82, 2.24) is 0 Å². The van der Waals surface area contributed by atoms with E-state index in [0.29, 0.717) is 36.3 Å². The number of allylic oxidation sites excluding steroid dienone is 1. The highest BCUT2D eigenvalue weighted by Crippen LogP contribution is 2.42. The van der Waals surface area contributed by atoms with Crippen molar-refractivity contribution in [3.8, 4) is 5.75 Å². The van der Waals surface area contributed by atoms with E-state index in [1.165, 1.54) is 0 Å². The predicted molar refractivity (Wildman–Crippen MR) is 138 cm³/mol. The largest absolute Gasteiger partial charge is 0.497 e. The third-order valence-corrected chi connectivity index (χ3v) is 13.0. The van der Waals surface area contributed by atoms with Crippen LogP contribution in [-0.2, 0) is 15.8 Å². The van der Waals surface area contributed by atoms with Crippen molar-refractivity contribution in [3.05, 3.63) is 42.5 Å². The van der Waals surface area contributed by atoms with Gasteiger partial charge in [-0.2, -0.15) is 0 Å². The van der Waals surface area contributed by atoms with Crippen molar-refractivity contribution in [2.75, 3.05) is 20.3 Å². The fourth-order valence-electron chi connectivity index (χ4n) is 4.96. The summed E-state index contributed by atoms with van der Waals surface area (Å²) in [6.45, 7) is 21.7. The van der Waals surface area contributed by atoms with Gasteiger partial charge in [0.05, 0.1) is 26.4 Å². The van der Waals surface area contributed by atoms with Crippen LogP contribution in [0.4, 0.5) is 0 Å². The van der Waals surface area contributed by atoms with E-state index in [2.05, 4.69) is 48.1 Å². The summed E-state index contributed by atoms with van der Waals surface area (Å²) in [7, 11) is -0.188. The highest BCUT2D eigenvalue weighted by atomic mass is 28.4. The van der Waals surface area contributed by atoms with Gasteiger partial charge in [-0.15, -0.1) is 6.58 Å². The monoisotopic (exact) mass is 464 g/mol.